The number of nitrogen functional groups attached to an aromatic ring is 1. The molecule has 2 aromatic rings. The summed E-state index contributed by atoms with van der Waals surface area (Å²) in [5.74, 6) is -0.420. The second-order valence-corrected chi connectivity index (χ2v) is 5.65. The van der Waals surface area contributed by atoms with Gasteiger partial charge in [0.2, 0.25) is 0 Å². The van der Waals surface area contributed by atoms with Crippen molar-refractivity contribution in [2.75, 3.05) is 5.73 Å². The summed E-state index contributed by atoms with van der Waals surface area (Å²) in [5.41, 5.74) is 8.88. The van der Waals surface area contributed by atoms with E-state index >= 15 is 0 Å². The van der Waals surface area contributed by atoms with Gasteiger partial charge in [-0.2, -0.15) is 0 Å². The van der Waals surface area contributed by atoms with Crippen molar-refractivity contribution >= 4 is 23.3 Å². The summed E-state index contributed by atoms with van der Waals surface area (Å²) in [7, 11) is 0. The van der Waals surface area contributed by atoms with Gasteiger partial charge in [-0.3, -0.25) is 0 Å². The van der Waals surface area contributed by atoms with Crippen LogP contribution in [0.3, 0.4) is 0 Å². The van der Waals surface area contributed by atoms with E-state index in [0.29, 0.717) is 16.3 Å². The van der Waals surface area contributed by atoms with Gasteiger partial charge >= 0.3 is 5.97 Å². The lowest BCUT2D eigenvalue weighted by Gasteiger charge is -2.25. The molecule has 4 heteroatoms. The van der Waals surface area contributed by atoms with Crippen LogP contribution in [0.15, 0.2) is 42.5 Å². The summed E-state index contributed by atoms with van der Waals surface area (Å²) in [6, 6.07) is 12.9. The lowest BCUT2D eigenvalue weighted by Crippen LogP contribution is -2.17. The topological polar surface area (TPSA) is 52.3 Å². The molecule has 108 valence electrons. The monoisotopic (exact) mass is 301 g/mol. The molecule has 0 aromatic heterocycles. The van der Waals surface area contributed by atoms with E-state index in [1.807, 2.05) is 18.2 Å². The number of hydrogen-bond donors (Lipinski definition) is 1. The van der Waals surface area contributed by atoms with Crippen LogP contribution in [-0.4, -0.2) is 5.97 Å². The van der Waals surface area contributed by atoms with Gasteiger partial charge in [-0.25, -0.2) is 4.79 Å². The third-order valence-electron chi connectivity index (χ3n) is 3.80. The number of halogens is 1. The van der Waals surface area contributed by atoms with E-state index in [0.717, 1.165) is 24.8 Å². The second kappa shape index (κ2) is 5.78. The average molecular weight is 302 g/mol. The zero-order valence-corrected chi connectivity index (χ0v) is 12.3. The standard InChI is InChI=1S/C17H16ClNO2/c18-12-8-9-15(19)14(10-12)17(20)21-16-7-3-5-11-4-1-2-6-13(11)16/h1-2,4,6,8-10,16H,3,5,7,19H2. The molecule has 0 fully saturated rings. The zero-order chi connectivity index (χ0) is 14.8. The number of aryl methyl sites for hydroxylation is 1. The van der Waals surface area contributed by atoms with Crippen LogP contribution >= 0.6 is 11.6 Å². The summed E-state index contributed by atoms with van der Waals surface area (Å²) in [6.45, 7) is 0. The Kier molecular flexibility index (Phi) is 3.84. The Balaban J connectivity index is 1.84. The Hall–Kier alpha value is -2.00. The molecule has 0 heterocycles. The van der Waals surface area contributed by atoms with E-state index in [2.05, 4.69) is 6.07 Å². The first-order valence-electron chi connectivity index (χ1n) is 6.99. The van der Waals surface area contributed by atoms with Crippen LogP contribution in [-0.2, 0) is 11.2 Å². The quantitative estimate of drug-likeness (QED) is 0.669. The van der Waals surface area contributed by atoms with Crippen LogP contribution in [0.2, 0.25) is 5.02 Å². The maximum atomic E-state index is 12.3. The summed E-state index contributed by atoms with van der Waals surface area (Å²) >= 11 is 5.92. The number of anilines is 1. The molecule has 1 unspecified atom stereocenters. The lowest BCUT2D eigenvalue weighted by atomic mass is 9.89. The van der Waals surface area contributed by atoms with Crippen LogP contribution in [0.1, 0.15) is 40.4 Å². The molecule has 2 aromatic carbocycles. The number of rotatable bonds is 2. The average Bonchev–Trinajstić information content (AvgIpc) is 2.50. The van der Waals surface area contributed by atoms with Gasteiger partial charge in [0.25, 0.3) is 0 Å². The number of benzene rings is 2. The summed E-state index contributed by atoms with van der Waals surface area (Å²) in [4.78, 5) is 12.3. The fourth-order valence-electron chi connectivity index (χ4n) is 2.73. The van der Waals surface area contributed by atoms with Gasteiger partial charge in [0, 0.05) is 10.7 Å². The van der Waals surface area contributed by atoms with Crippen molar-refractivity contribution in [2.45, 2.75) is 25.4 Å². The maximum Gasteiger partial charge on any atom is 0.340 e. The van der Waals surface area contributed by atoms with Crippen molar-refractivity contribution in [1.29, 1.82) is 0 Å². The van der Waals surface area contributed by atoms with Gasteiger partial charge < -0.3 is 10.5 Å². The highest BCUT2D eigenvalue weighted by atomic mass is 35.5. The van der Waals surface area contributed by atoms with Crippen molar-refractivity contribution in [3.63, 3.8) is 0 Å². The summed E-state index contributed by atoms with van der Waals surface area (Å²) in [6.07, 6.45) is 2.67. The maximum absolute atomic E-state index is 12.3. The largest absolute Gasteiger partial charge is 0.454 e. The molecule has 0 spiro atoms. The first-order chi connectivity index (χ1) is 10.1. The van der Waals surface area contributed by atoms with E-state index in [9.17, 15) is 4.79 Å². The van der Waals surface area contributed by atoms with Crippen molar-refractivity contribution in [1.82, 2.24) is 0 Å². The minimum absolute atomic E-state index is 0.208. The fraction of sp³-hybridized carbons (Fsp3) is 0.235. The van der Waals surface area contributed by atoms with Crippen LogP contribution in [0.4, 0.5) is 5.69 Å². The van der Waals surface area contributed by atoms with Crippen molar-refractivity contribution < 1.29 is 9.53 Å². The molecule has 3 rings (SSSR count). The molecule has 3 nitrogen and oxygen atoms in total. The molecule has 0 amide bonds. The third-order valence-corrected chi connectivity index (χ3v) is 4.03. The Morgan fingerprint density at radius 3 is 2.90 bits per heavy atom. The molecule has 2 N–H and O–H groups in total. The van der Waals surface area contributed by atoms with E-state index in [1.165, 1.54) is 5.56 Å². The Morgan fingerprint density at radius 1 is 1.24 bits per heavy atom. The highest BCUT2D eigenvalue weighted by Gasteiger charge is 2.24. The Bertz CT molecular complexity index is 684. The number of hydrogen-bond acceptors (Lipinski definition) is 3. The summed E-state index contributed by atoms with van der Waals surface area (Å²) < 4.78 is 5.66. The van der Waals surface area contributed by atoms with Crippen LogP contribution in [0.5, 0.6) is 0 Å². The third kappa shape index (κ3) is 2.88. The van der Waals surface area contributed by atoms with Gasteiger partial charge in [0.05, 0.1) is 5.56 Å². The molecule has 0 saturated carbocycles. The molecule has 1 atom stereocenters. The van der Waals surface area contributed by atoms with Gasteiger partial charge in [0.15, 0.2) is 0 Å². The predicted octanol–water partition coefficient (Wildman–Crippen LogP) is 4.16. The first-order valence-corrected chi connectivity index (χ1v) is 7.37. The van der Waals surface area contributed by atoms with Gasteiger partial charge in [0.1, 0.15) is 6.10 Å². The number of ether oxygens (including phenoxy) is 1. The molecule has 21 heavy (non-hydrogen) atoms. The number of carbonyl (C=O) groups excluding carboxylic acids is 1. The Morgan fingerprint density at radius 2 is 2.05 bits per heavy atom. The first kappa shape index (κ1) is 14.0. The molecule has 0 aliphatic heterocycles. The number of carbonyl (C=O) groups is 1. The van der Waals surface area contributed by atoms with Gasteiger partial charge in [-0.05, 0) is 48.6 Å². The van der Waals surface area contributed by atoms with Crippen LogP contribution in [0, 0.1) is 0 Å². The van der Waals surface area contributed by atoms with E-state index in [-0.39, 0.29) is 6.10 Å². The second-order valence-electron chi connectivity index (χ2n) is 5.22. The smallest absolute Gasteiger partial charge is 0.340 e. The van der Waals surface area contributed by atoms with Crippen LogP contribution in [0.25, 0.3) is 0 Å². The number of fused-ring (bicyclic) bond motifs is 1. The van der Waals surface area contributed by atoms with E-state index < -0.39 is 5.97 Å². The minimum atomic E-state index is -0.420. The van der Waals surface area contributed by atoms with Crippen molar-refractivity contribution in [3.8, 4) is 0 Å². The van der Waals surface area contributed by atoms with Gasteiger partial charge in [-0.15, -0.1) is 0 Å². The van der Waals surface area contributed by atoms with E-state index in [4.69, 9.17) is 22.1 Å². The Labute approximate surface area is 128 Å². The molecular weight excluding hydrogens is 286 g/mol. The fourth-order valence-corrected chi connectivity index (χ4v) is 2.90. The molecule has 1 aliphatic rings. The van der Waals surface area contributed by atoms with Gasteiger partial charge in [-0.1, -0.05) is 35.9 Å². The minimum Gasteiger partial charge on any atom is -0.454 e. The molecule has 0 bridgehead atoms. The number of esters is 1. The van der Waals surface area contributed by atoms with Crippen molar-refractivity contribution in [3.05, 3.63) is 64.2 Å². The van der Waals surface area contributed by atoms with Crippen molar-refractivity contribution in [2.24, 2.45) is 0 Å². The normalized spacial score (nSPS) is 17.1. The SMILES string of the molecule is Nc1ccc(Cl)cc1C(=O)OC1CCCc2ccccc21. The molecule has 0 saturated heterocycles. The summed E-state index contributed by atoms with van der Waals surface area (Å²) in [5, 5.41) is 0.472. The zero-order valence-electron chi connectivity index (χ0n) is 11.5. The molecular formula is C17H16ClNO2. The highest BCUT2D eigenvalue weighted by molar-refractivity contribution is 6.31. The highest BCUT2D eigenvalue weighted by Crippen LogP contribution is 2.33. The number of nitrogens with two attached hydrogens (primary N) is 1. The molecule has 1 aliphatic carbocycles. The molecule has 0 radical (unpaired) electrons. The lowest BCUT2D eigenvalue weighted by molar-refractivity contribution is 0.0258. The predicted molar refractivity (Wildman–Crippen MR) is 83.4 cm³/mol. The van der Waals surface area contributed by atoms with Crippen LogP contribution < -0.4 is 5.73 Å². The van der Waals surface area contributed by atoms with E-state index in [1.54, 1.807) is 18.2 Å².